The van der Waals surface area contributed by atoms with Gasteiger partial charge in [0.25, 0.3) is 0 Å². The number of fused-ring (bicyclic) bond motifs is 2. The smallest absolute Gasteiger partial charge is 0.140 e. The molecule has 2 atom stereocenters. The van der Waals surface area contributed by atoms with Gasteiger partial charge in [0.2, 0.25) is 0 Å². The zero-order chi connectivity index (χ0) is 22.1. The largest absolute Gasteiger partial charge is 0.491 e. The van der Waals surface area contributed by atoms with Crippen LogP contribution in [0.15, 0.2) is 54.9 Å². The molecule has 7 nitrogen and oxygen atoms in total. The van der Waals surface area contributed by atoms with Gasteiger partial charge in [0.05, 0.1) is 41.9 Å². The average molecular weight is 436 g/mol. The molecule has 4 heterocycles. The van der Waals surface area contributed by atoms with Crippen molar-refractivity contribution in [3.05, 3.63) is 54.9 Å². The molecule has 32 heavy (non-hydrogen) atoms. The van der Waals surface area contributed by atoms with Crippen molar-refractivity contribution in [2.75, 3.05) is 38.3 Å². The summed E-state index contributed by atoms with van der Waals surface area (Å²) in [4.78, 5) is 11.5. The van der Waals surface area contributed by atoms with Crippen molar-refractivity contribution >= 4 is 22.2 Å². The van der Waals surface area contributed by atoms with Gasteiger partial charge in [0.1, 0.15) is 24.2 Å². The first-order valence-electron chi connectivity index (χ1n) is 10.8. The molecule has 166 valence electrons. The van der Waals surface area contributed by atoms with Crippen LogP contribution in [0.2, 0.25) is 0 Å². The van der Waals surface area contributed by atoms with Crippen LogP contribution in [0, 0.1) is 0 Å². The zero-order valence-corrected chi connectivity index (χ0v) is 17.9. The number of methoxy groups -OCH3 is 1. The molecule has 3 aromatic heterocycles. The van der Waals surface area contributed by atoms with Crippen LogP contribution >= 0.6 is 0 Å². The number of hydrogen-bond acceptors (Lipinski definition) is 6. The van der Waals surface area contributed by atoms with Crippen LogP contribution in [0.4, 0.5) is 10.1 Å². The first-order chi connectivity index (χ1) is 15.6. The van der Waals surface area contributed by atoms with Gasteiger partial charge in [-0.1, -0.05) is 18.2 Å². The van der Waals surface area contributed by atoms with Crippen LogP contribution in [0.3, 0.4) is 0 Å². The van der Waals surface area contributed by atoms with Crippen molar-refractivity contribution < 1.29 is 13.9 Å². The Bertz CT molecular complexity index is 1240. The molecule has 8 heteroatoms. The van der Waals surface area contributed by atoms with E-state index >= 15 is 0 Å². The summed E-state index contributed by atoms with van der Waals surface area (Å²) in [5, 5.41) is 1.01. The Kier molecular flexibility index (Phi) is 5.63. The molecule has 0 bridgehead atoms. The molecule has 1 aromatic carbocycles. The number of piperidine rings is 1. The number of imidazole rings is 1. The highest BCUT2D eigenvalue weighted by Crippen LogP contribution is 2.31. The standard InChI is InChI=1S/C24H26FN5O2/c1-31-11-12-32-17-7-10-30-22(14-27-23(30)13-17)20-6-5-16-3-2-4-21(24(16)28-20)29-9-8-19(26)18(25)15-29/h2-7,10,13-14,18-19H,8-9,11-12,15,26H2,1H3/t18-,19-/m0/s1. The minimum atomic E-state index is -1.04. The highest BCUT2D eigenvalue weighted by molar-refractivity contribution is 5.92. The lowest BCUT2D eigenvalue weighted by Gasteiger charge is -2.34. The molecule has 1 saturated heterocycles. The van der Waals surface area contributed by atoms with Crippen LogP contribution in [-0.2, 0) is 4.74 Å². The summed E-state index contributed by atoms with van der Waals surface area (Å²) >= 11 is 0. The molecule has 0 aliphatic carbocycles. The van der Waals surface area contributed by atoms with Gasteiger partial charge in [-0.3, -0.25) is 4.40 Å². The van der Waals surface area contributed by atoms with Gasteiger partial charge < -0.3 is 20.1 Å². The van der Waals surface area contributed by atoms with E-state index in [2.05, 4.69) is 4.98 Å². The van der Waals surface area contributed by atoms with E-state index in [9.17, 15) is 4.39 Å². The van der Waals surface area contributed by atoms with Crippen LogP contribution < -0.4 is 15.4 Å². The maximum absolute atomic E-state index is 14.3. The second-order valence-electron chi connectivity index (χ2n) is 8.04. The van der Waals surface area contributed by atoms with Crippen molar-refractivity contribution in [2.45, 2.75) is 18.6 Å². The minimum Gasteiger partial charge on any atom is -0.491 e. The predicted molar refractivity (Wildman–Crippen MR) is 123 cm³/mol. The van der Waals surface area contributed by atoms with E-state index in [1.807, 2.05) is 64.2 Å². The lowest BCUT2D eigenvalue weighted by atomic mass is 10.0. The summed E-state index contributed by atoms with van der Waals surface area (Å²) < 4.78 is 27.0. The fraction of sp³-hybridized carbons (Fsp3) is 0.333. The molecule has 1 aliphatic heterocycles. The third-order valence-corrected chi connectivity index (χ3v) is 5.93. The molecule has 4 aromatic rings. The summed E-state index contributed by atoms with van der Waals surface area (Å²) in [7, 11) is 1.64. The van der Waals surface area contributed by atoms with E-state index in [1.165, 1.54) is 0 Å². The summed E-state index contributed by atoms with van der Waals surface area (Å²) in [6, 6.07) is 13.4. The molecular formula is C24H26FN5O2. The number of ether oxygens (including phenoxy) is 2. The number of hydrogen-bond donors (Lipinski definition) is 1. The summed E-state index contributed by atoms with van der Waals surface area (Å²) in [5.74, 6) is 0.740. The van der Waals surface area contributed by atoms with Crippen molar-refractivity contribution in [1.82, 2.24) is 14.4 Å². The lowest BCUT2D eigenvalue weighted by molar-refractivity contribution is 0.146. The van der Waals surface area contributed by atoms with E-state index in [0.717, 1.165) is 39.4 Å². The molecular weight excluding hydrogens is 409 g/mol. The van der Waals surface area contributed by atoms with Gasteiger partial charge >= 0.3 is 0 Å². The number of alkyl halides is 1. The fourth-order valence-corrected chi connectivity index (χ4v) is 4.16. The van der Waals surface area contributed by atoms with Gasteiger partial charge in [0, 0.05) is 37.3 Å². The highest BCUT2D eigenvalue weighted by atomic mass is 19.1. The monoisotopic (exact) mass is 435 g/mol. The summed E-state index contributed by atoms with van der Waals surface area (Å²) in [6.07, 6.45) is 3.32. The third-order valence-electron chi connectivity index (χ3n) is 5.93. The summed E-state index contributed by atoms with van der Waals surface area (Å²) in [6.45, 7) is 2.01. The second-order valence-corrected chi connectivity index (χ2v) is 8.04. The number of halogens is 1. The zero-order valence-electron chi connectivity index (χ0n) is 17.9. The number of anilines is 1. The van der Waals surface area contributed by atoms with E-state index in [1.54, 1.807) is 7.11 Å². The maximum atomic E-state index is 14.3. The van der Waals surface area contributed by atoms with Crippen LogP contribution in [-0.4, -0.2) is 60.0 Å². The number of nitrogens with two attached hydrogens (primary N) is 1. The molecule has 0 amide bonds. The van der Waals surface area contributed by atoms with Crippen molar-refractivity contribution in [3.63, 3.8) is 0 Å². The minimum absolute atomic E-state index is 0.285. The van der Waals surface area contributed by atoms with Gasteiger partial charge in [0.15, 0.2) is 0 Å². The normalized spacial score (nSPS) is 19.0. The van der Waals surface area contributed by atoms with Crippen LogP contribution in [0.5, 0.6) is 5.75 Å². The Morgan fingerprint density at radius 1 is 1.19 bits per heavy atom. The van der Waals surface area contributed by atoms with Crippen LogP contribution in [0.1, 0.15) is 6.42 Å². The molecule has 0 spiro atoms. The molecule has 0 unspecified atom stereocenters. The van der Waals surface area contributed by atoms with Gasteiger partial charge in [-0.2, -0.15) is 0 Å². The molecule has 5 rings (SSSR count). The van der Waals surface area contributed by atoms with Gasteiger partial charge in [-0.05, 0) is 24.6 Å². The second kappa shape index (κ2) is 8.72. The van der Waals surface area contributed by atoms with E-state index in [0.29, 0.717) is 26.2 Å². The van der Waals surface area contributed by atoms with Gasteiger partial charge in [-0.25, -0.2) is 14.4 Å². The molecule has 1 aliphatic rings. The van der Waals surface area contributed by atoms with E-state index < -0.39 is 12.2 Å². The molecule has 0 saturated carbocycles. The average Bonchev–Trinajstić information content (AvgIpc) is 3.24. The number of aromatic nitrogens is 3. The Morgan fingerprint density at radius 2 is 2.09 bits per heavy atom. The highest BCUT2D eigenvalue weighted by Gasteiger charge is 2.27. The van der Waals surface area contributed by atoms with Gasteiger partial charge in [-0.15, -0.1) is 0 Å². The predicted octanol–water partition coefficient (Wildman–Crippen LogP) is 3.45. The summed E-state index contributed by atoms with van der Waals surface area (Å²) in [5.41, 5.74) is 10.1. The number of nitrogens with zero attached hydrogens (tertiary/aromatic N) is 4. The first kappa shape index (κ1) is 20.7. The van der Waals surface area contributed by atoms with E-state index in [4.69, 9.17) is 20.2 Å². The number of benzene rings is 1. The molecule has 0 radical (unpaired) electrons. The number of rotatable bonds is 6. The Morgan fingerprint density at radius 3 is 2.94 bits per heavy atom. The maximum Gasteiger partial charge on any atom is 0.140 e. The van der Waals surface area contributed by atoms with Crippen molar-refractivity contribution in [2.24, 2.45) is 5.73 Å². The quantitative estimate of drug-likeness (QED) is 0.468. The lowest BCUT2D eigenvalue weighted by Crippen LogP contribution is -2.48. The number of pyridine rings is 2. The Labute approximate surface area is 185 Å². The molecule has 2 N–H and O–H groups in total. The third kappa shape index (κ3) is 3.87. The fourth-order valence-electron chi connectivity index (χ4n) is 4.16. The Balaban J connectivity index is 1.50. The SMILES string of the molecule is COCCOc1ccn2c(-c3ccc4cccc(N5CC[C@H](N)[C@@H](F)C5)c4n3)cnc2c1. The van der Waals surface area contributed by atoms with Crippen LogP contribution in [0.25, 0.3) is 27.9 Å². The first-order valence-corrected chi connectivity index (χ1v) is 10.8. The van der Waals surface area contributed by atoms with Crippen molar-refractivity contribution in [1.29, 1.82) is 0 Å². The van der Waals surface area contributed by atoms with Crippen molar-refractivity contribution in [3.8, 4) is 17.1 Å². The number of para-hydroxylation sites is 1. The topological polar surface area (TPSA) is 77.9 Å². The molecule has 1 fully saturated rings. The Hall–Kier alpha value is -3.23. The van der Waals surface area contributed by atoms with E-state index in [-0.39, 0.29) is 6.54 Å².